The van der Waals surface area contributed by atoms with Crippen molar-refractivity contribution in [3.05, 3.63) is 47.5 Å². The van der Waals surface area contributed by atoms with E-state index in [2.05, 4.69) is 13.0 Å². The minimum atomic E-state index is -0.200. The summed E-state index contributed by atoms with van der Waals surface area (Å²) in [5, 5.41) is 2.33. The number of fused-ring (bicyclic) bond motifs is 1. The summed E-state index contributed by atoms with van der Waals surface area (Å²) in [7, 11) is 1.42. The molecule has 0 saturated heterocycles. The van der Waals surface area contributed by atoms with Crippen LogP contribution in [0.4, 0.5) is 0 Å². The number of esters is 1. The third-order valence-corrected chi connectivity index (χ3v) is 2.79. The van der Waals surface area contributed by atoms with Crippen LogP contribution < -0.4 is 0 Å². The minimum Gasteiger partial charge on any atom is -0.469 e. The summed E-state index contributed by atoms with van der Waals surface area (Å²) in [5.41, 5.74) is 2.25. The Bertz CT molecular complexity index is 529. The van der Waals surface area contributed by atoms with Crippen LogP contribution in [0.1, 0.15) is 11.1 Å². The van der Waals surface area contributed by atoms with Crippen molar-refractivity contribution in [2.75, 3.05) is 7.11 Å². The fraction of sp³-hybridized carbons (Fsp3) is 0.214. The van der Waals surface area contributed by atoms with E-state index in [1.165, 1.54) is 18.1 Å². The Morgan fingerprint density at radius 2 is 1.81 bits per heavy atom. The number of methoxy groups -OCH3 is 1. The molecule has 0 spiro atoms. The molecule has 2 aromatic rings. The number of carbonyl (C=O) groups excluding carboxylic acids is 1. The maximum absolute atomic E-state index is 11.3. The molecule has 0 N–H and O–H groups in total. The zero-order chi connectivity index (χ0) is 11.5. The fourth-order valence-electron chi connectivity index (χ4n) is 1.89. The van der Waals surface area contributed by atoms with Gasteiger partial charge in [-0.2, -0.15) is 0 Å². The van der Waals surface area contributed by atoms with Gasteiger partial charge in [-0.05, 0) is 28.8 Å². The van der Waals surface area contributed by atoms with Gasteiger partial charge in [0.05, 0.1) is 13.5 Å². The van der Waals surface area contributed by atoms with E-state index in [4.69, 9.17) is 4.74 Å². The van der Waals surface area contributed by atoms with Crippen LogP contribution in [0.2, 0.25) is 0 Å². The number of hydrogen-bond donors (Lipinski definition) is 0. The molecule has 2 nitrogen and oxygen atoms in total. The van der Waals surface area contributed by atoms with Gasteiger partial charge >= 0.3 is 5.97 Å². The smallest absolute Gasteiger partial charge is 0.309 e. The Hall–Kier alpha value is -1.83. The normalized spacial score (nSPS) is 10.4. The highest BCUT2D eigenvalue weighted by molar-refractivity contribution is 5.91. The van der Waals surface area contributed by atoms with Crippen molar-refractivity contribution in [3.63, 3.8) is 0 Å². The van der Waals surface area contributed by atoms with Crippen molar-refractivity contribution in [1.82, 2.24) is 0 Å². The zero-order valence-electron chi connectivity index (χ0n) is 9.49. The van der Waals surface area contributed by atoms with Crippen LogP contribution >= 0.6 is 0 Å². The van der Waals surface area contributed by atoms with Crippen molar-refractivity contribution in [1.29, 1.82) is 0 Å². The predicted molar refractivity (Wildman–Crippen MR) is 64.4 cm³/mol. The molecule has 82 valence electrons. The number of ether oxygens (including phenoxy) is 1. The van der Waals surface area contributed by atoms with Crippen molar-refractivity contribution >= 4 is 16.7 Å². The summed E-state index contributed by atoms with van der Waals surface area (Å²) in [6, 6.07) is 12.2. The molecular formula is C14H14O2. The summed E-state index contributed by atoms with van der Waals surface area (Å²) in [4.78, 5) is 11.3. The van der Waals surface area contributed by atoms with E-state index < -0.39 is 0 Å². The third-order valence-electron chi connectivity index (χ3n) is 2.79. The first-order chi connectivity index (χ1) is 7.72. The first-order valence-corrected chi connectivity index (χ1v) is 5.26. The summed E-state index contributed by atoms with van der Waals surface area (Å²) < 4.78 is 4.69. The van der Waals surface area contributed by atoms with Gasteiger partial charge in [-0.25, -0.2) is 0 Å². The maximum atomic E-state index is 11.3. The summed E-state index contributed by atoms with van der Waals surface area (Å²) in [5.74, 6) is -0.200. The van der Waals surface area contributed by atoms with E-state index in [9.17, 15) is 4.79 Å². The Balaban J connectivity index is 2.54. The van der Waals surface area contributed by atoms with Crippen LogP contribution in [0.5, 0.6) is 0 Å². The lowest BCUT2D eigenvalue weighted by atomic mass is 9.99. The monoisotopic (exact) mass is 214 g/mol. The molecule has 0 fully saturated rings. The standard InChI is InChI=1S/C14H14O2/c1-10-7-8-11(9-14(15)16-2)13-6-4-3-5-12(10)13/h3-8H,9H2,1-2H3. The van der Waals surface area contributed by atoms with Gasteiger partial charge in [0.25, 0.3) is 0 Å². The largest absolute Gasteiger partial charge is 0.469 e. The van der Waals surface area contributed by atoms with Crippen molar-refractivity contribution in [3.8, 4) is 0 Å². The highest BCUT2D eigenvalue weighted by atomic mass is 16.5. The Kier molecular flexibility index (Phi) is 2.91. The second kappa shape index (κ2) is 4.35. The molecule has 2 heteroatoms. The maximum Gasteiger partial charge on any atom is 0.309 e. The number of carbonyl (C=O) groups is 1. The Morgan fingerprint density at radius 1 is 1.12 bits per heavy atom. The van der Waals surface area contributed by atoms with E-state index in [0.717, 1.165) is 10.9 Å². The molecule has 0 atom stereocenters. The zero-order valence-corrected chi connectivity index (χ0v) is 9.49. The highest BCUT2D eigenvalue weighted by Gasteiger charge is 2.07. The summed E-state index contributed by atoms with van der Waals surface area (Å²) >= 11 is 0. The Labute approximate surface area is 94.8 Å². The van der Waals surface area contributed by atoms with Crippen LogP contribution in [0.15, 0.2) is 36.4 Å². The molecule has 0 aliphatic carbocycles. The molecule has 0 aromatic heterocycles. The molecule has 0 radical (unpaired) electrons. The van der Waals surface area contributed by atoms with E-state index in [-0.39, 0.29) is 5.97 Å². The second-order valence-corrected chi connectivity index (χ2v) is 3.84. The van der Waals surface area contributed by atoms with E-state index in [1.807, 2.05) is 30.3 Å². The molecule has 16 heavy (non-hydrogen) atoms. The second-order valence-electron chi connectivity index (χ2n) is 3.84. The number of aryl methyl sites for hydroxylation is 1. The Morgan fingerprint density at radius 3 is 2.50 bits per heavy atom. The first kappa shape index (κ1) is 10.7. The fourth-order valence-corrected chi connectivity index (χ4v) is 1.89. The van der Waals surface area contributed by atoms with Gasteiger partial charge in [0.15, 0.2) is 0 Å². The van der Waals surface area contributed by atoms with Gasteiger partial charge in [-0.15, -0.1) is 0 Å². The van der Waals surface area contributed by atoms with Gasteiger partial charge in [-0.1, -0.05) is 36.4 Å². The van der Waals surface area contributed by atoms with E-state index >= 15 is 0 Å². The van der Waals surface area contributed by atoms with Crippen molar-refractivity contribution in [2.45, 2.75) is 13.3 Å². The number of rotatable bonds is 2. The summed E-state index contributed by atoms with van der Waals surface area (Å²) in [6.07, 6.45) is 0.331. The number of hydrogen-bond acceptors (Lipinski definition) is 2. The van der Waals surface area contributed by atoms with Gasteiger partial charge < -0.3 is 4.74 Å². The lowest BCUT2D eigenvalue weighted by molar-refractivity contribution is -0.139. The quantitative estimate of drug-likeness (QED) is 0.718. The van der Waals surface area contributed by atoms with Gasteiger partial charge in [0.2, 0.25) is 0 Å². The lowest BCUT2D eigenvalue weighted by Crippen LogP contribution is -2.05. The molecular weight excluding hydrogens is 200 g/mol. The number of benzene rings is 2. The van der Waals surface area contributed by atoms with Gasteiger partial charge in [0, 0.05) is 0 Å². The molecule has 2 aromatic carbocycles. The van der Waals surface area contributed by atoms with Crippen LogP contribution in [0.25, 0.3) is 10.8 Å². The average Bonchev–Trinajstić information content (AvgIpc) is 2.33. The van der Waals surface area contributed by atoms with Crippen LogP contribution in [-0.2, 0) is 16.0 Å². The van der Waals surface area contributed by atoms with Crippen molar-refractivity contribution < 1.29 is 9.53 Å². The molecule has 0 heterocycles. The highest BCUT2D eigenvalue weighted by Crippen LogP contribution is 2.22. The lowest BCUT2D eigenvalue weighted by Gasteiger charge is -2.07. The van der Waals surface area contributed by atoms with E-state index in [0.29, 0.717) is 6.42 Å². The van der Waals surface area contributed by atoms with Gasteiger partial charge in [-0.3, -0.25) is 4.79 Å². The van der Waals surface area contributed by atoms with Crippen LogP contribution in [0, 0.1) is 6.92 Å². The van der Waals surface area contributed by atoms with Crippen molar-refractivity contribution in [2.24, 2.45) is 0 Å². The summed E-state index contributed by atoms with van der Waals surface area (Å²) in [6.45, 7) is 2.07. The molecule has 0 unspecified atom stereocenters. The topological polar surface area (TPSA) is 26.3 Å². The van der Waals surface area contributed by atoms with Crippen LogP contribution in [-0.4, -0.2) is 13.1 Å². The average molecular weight is 214 g/mol. The first-order valence-electron chi connectivity index (χ1n) is 5.26. The minimum absolute atomic E-state index is 0.200. The molecule has 0 amide bonds. The third kappa shape index (κ3) is 1.91. The molecule has 0 aliphatic heterocycles. The molecule has 0 aliphatic rings. The SMILES string of the molecule is COC(=O)Cc1ccc(C)c2ccccc12. The van der Waals surface area contributed by atoms with Crippen LogP contribution in [0.3, 0.4) is 0 Å². The van der Waals surface area contributed by atoms with Gasteiger partial charge in [0.1, 0.15) is 0 Å². The van der Waals surface area contributed by atoms with E-state index in [1.54, 1.807) is 0 Å². The predicted octanol–water partition coefficient (Wildman–Crippen LogP) is 2.86. The molecule has 2 rings (SSSR count). The molecule has 0 bridgehead atoms. The molecule has 0 saturated carbocycles.